The number of amides is 1. The van der Waals surface area contributed by atoms with Crippen LogP contribution in [0.2, 0.25) is 0 Å². The van der Waals surface area contributed by atoms with Crippen molar-refractivity contribution in [2.45, 2.75) is 32.7 Å². The van der Waals surface area contributed by atoms with Crippen molar-refractivity contribution < 1.29 is 18.7 Å². The van der Waals surface area contributed by atoms with Crippen molar-refractivity contribution in [1.29, 1.82) is 0 Å². The first-order valence-corrected chi connectivity index (χ1v) is 6.01. The zero-order chi connectivity index (χ0) is 13.5. The molecule has 0 aliphatic rings. The second-order valence-corrected chi connectivity index (χ2v) is 4.06. The molecule has 0 radical (unpaired) electrons. The summed E-state index contributed by atoms with van der Waals surface area (Å²) < 4.78 is 9.68. The molecule has 100 valence electrons. The number of ether oxygens (including phenoxy) is 1. The number of methoxy groups -OCH3 is 1. The van der Waals surface area contributed by atoms with E-state index in [0.717, 1.165) is 6.42 Å². The third kappa shape index (κ3) is 3.61. The molecule has 1 rings (SSSR count). The maximum Gasteiger partial charge on any atom is 0.307 e. The smallest absolute Gasteiger partial charge is 0.307 e. The van der Waals surface area contributed by atoms with Gasteiger partial charge in [-0.05, 0) is 25.5 Å². The molecule has 0 fully saturated rings. The fraction of sp³-hybridized carbons (Fsp3) is 0.538. The summed E-state index contributed by atoms with van der Waals surface area (Å²) in [5.74, 6) is -0.228. The lowest BCUT2D eigenvalue weighted by atomic mass is 10.2. The standard InChI is InChI=1S/C13H19NO4/c1-4-10(2)14(8-7-12(15)17-3)13(16)11-6-5-9-18-11/h5-6,9-10H,4,7-8H2,1-3H3. The molecular formula is C13H19NO4. The van der Waals surface area contributed by atoms with Gasteiger partial charge in [0.15, 0.2) is 5.76 Å². The molecule has 0 bridgehead atoms. The number of nitrogens with zero attached hydrogens (tertiary/aromatic N) is 1. The van der Waals surface area contributed by atoms with Crippen molar-refractivity contribution >= 4 is 11.9 Å². The Bertz CT molecular complexity index is 386. The maximum absolute atomic E-state index is 12.2. The first-order chi connectivity index (χ1) is 8.60. The number of carbonyl (C=O) groups excluding carboxylic acids is 2. The van der Waals surface area contributed by atoms with Crippen LogP contribution in [0, 0.1) is 0 Å². The second kappa shape index (κ2) is 6.83. The number of furan rings is 1. The molecule has 1 atom stereocenters. The molecule has 1 amide bonds. The Morgan fingerprint density at radius 1 is 1.50 bits per heavy atom. The van der Waals surface area contributed by atoms with Crippen LogP contribution in [0.25, 0.3) is 0 Å². The number of hydrogen-bond donors (Lipinski definition) is 0. The van der Waals surface area contributed by atoms with E-state index >= 15 is 0 Å². The number of carbonyl (C=O) groups is 2. The highest BCUT2D eigenvalue weighted by Crippen LogP contribution is 2.12. The van der Waals surface area contributed by atoms with E-state index in [0.29, 0.717) is 12.3 Å². The number of rotatable bonds is 6. The molecule has 18 heavy (non-hydrogen) atoms. The van der Waals surface area contributed by atoms with E-state index in [2.05, 4.69) is 4.74 Å². The highest BCUT2D eigenvalue weighted by atomic mass is 16.5. The Hall–Kier alpha value is -1.78. The highest BCUT2D eigenvalue weighted by molar-refractivity contribution is 5.91. The molecule has 0 saturated heterocycles. The summed E-state index contributed by atoms with van der Waals surface area (Å²) in [7, 11) is 1.34. The largest absolute Gasteiger partial charge is 0.469 e. The van der Waals surface area contributed by atoms with Gasteiger partial charge in [0.1, 0.15) is 0 Å². The third-order valence-electron chi connectivity index (χ3n) is 2.90. The first kappa shape index (κ1) is 14.3. The lowest BCUT2D eigenvalue weighted by Crippen LogP contribution is -2.39. The van der Waals surface area contributed by atoms with Crippen LogP contribution in [-0.2, 0) is 9.53 Å². The monoisotopic (exact) mass is 253 g/mol. The Kier molecular flexibility index (Phi) is 5.42. The molecule has 0 aromatic carbocycles. The average molecular weight is 253 g/mol. The minimum Gasteiger partial charge on any atom is -0.469 e. The quantitative estimate of drug-likeness (QED) is 0.728. The van der Waals surface area contributed by atoms with E-state index < -0.39 is 0 Å². The van der Waals surface area contributed by atoms with Crippen molar-refractivity contribution in [1.82, 2.24) is 4.90 Å². The van der Waals surface area contributed by atoms with E-state index in [1.807, 2.05) is 13.8 Å². The Morgan fingerprint density at radius 2 is 2.22 bits per heavy atom. The van der Waals surface area contributed by atoms with E-state index in [1.165, 1.54) is 13.4 Å². The molecule has 1 aromatic rings. The van der Waals surface area contributed by atoms with Gasteiger partial charge in [0, 0.05) is 12.6 Å². The van der Waals surface area contributed by atoms with Crippen LogP contribution in [0.3, 0.4) is 0 Å². The molecule has 0 N–H and O–H groups in total. The van der Waals surface area contributed by atoms with Crippen molar-refractivity contribution in [3.8, 4) is 0 Å². The first-order valence-electron chi connectivity index (χ1n) is 6.01. The zero-order valence-electron chi connectivity index (χ0n) is 11.0. The van der Waals surface area contributed by atoms with Crippen molar-refractivity contribution in [2.24, 2.45) is 0 Å². The van der Waals surface area contributed by atoms with Gasteiger partial charge < -0.3 is 14.1 Å². The summed E-state index contributed by atoms with van der Waals surface area (Å²) in [4.78, 5) is 25.0. The van der Waals surface area contributed by atoms with Crippen LogP contribution in [0.15, 0.2) is 22.8 Å². The van der Waals surface area contributed by atoms with E-state index in [-0.39, 0.29) is 24.3 Å². The summed E-state index contributed by atoms with van der Waals surface area (Å²) >= 11 is 0. The van der Waals surface area contributed by atoms with Crippen molar-refractivity contribution in [2.75, 3.05) is 13.7 Å². The van der Waals surface area contributed by atoms with Gasteiger partial charge in [0.05, 0.1) is 19.8 Å². The second-order valence-electron chi connectivity index (χ2n) is 4.06. The van der Waals surface area contributed by atoms with Gasteiger partial charge in [-0.25, -0.2) is 0 Å². The van der Waals surface area contributed by atoms with Gasteiger partial charge in [0.25, 0.3) is 5.91 Å². The fourth-order valence-corrected chi connectivity index (χ4v) is 1.60. The zero-order valence-corrected chi connectivity index (χ0v) is 11.0. The Labute approximate surface area is 107 Å². The topological polar surface area (TPSA) is 59.8 Å². The van der Waals surface area contributed by atoms with Gasteiger partial charge in [-0.2, -0.15) is 0 Å². The third-order valence-corrected chi connectivity index (χ3v) is 2.90. The minimum absolute atomic E-state index is 0.0484. The molecule has 0 saturated carbocycles. The molecule has 0 aliphatic heterocycles. The van der Waals surface area contributed by atoms with E-state index in [4.69, 9.17) is 4.42 Å². The maximum atomic E-state index is 12.2. The Morgan fingerprint density at radius 3 is 2.72 bits per heavy atom. The SMILES string of the molecule is CCC(C)N(CCC(=O)OC)C(=O)c1ccco1. The van der Waals surface area contributed by atoms with Gasteiger partial charge >= 0.3 is 5.97 Å². The van der Waals surface area contributed by atoms with Gasteiger partial charge in [-0.15, -0.1) is 0 Å². The average Bonchev–Trinajstić information content (AvgIpc) is 2.91. The molecular weight excluding hydrogens is 234 g/mol. The van der Waals surface area contributed by atoms with Gasteiger partial charge in [-0.1, -0.05) is 6.92 Å². The minimum atomic E-state index is -0.324. The molecule has 0 aliphatic carbocycles. The van der Waals surface area contributed by atoms with Gasteiger partial charge in [0.2, 0.25) is 0 Å². The van der Waals surface area contributed by atoms with E-state index in [1.54, 1.807) is 17.0 Å². The van der Waals surface area contributed by atoms with Crippen LogP contribution in [-0.4, -0.2) is 36.5 Å². The van der Waals surface area contributed by atoms with E-state index in [9.17, 15) is 9.59 Å². The highest BCUT2D eigenvalue weighted by Gasteiger charge is 2.23. The normalized spacial score (nSPS) is 11.9. The molecule has 1 heterocycles. The lowest BCUT2D eigenvalue weighted by Gasteiger charge is -2.27. The number of esters is 1. The Balaban J connectivity index is 2.72. The fourth-order valence-electron chi connectivity index (χ4n) is 1.60. The lowest BCUT2D eigenvalue weighted by molar-refractivity contribution is -0.140. The summed E-state index contributed by atoms with van der Waals surface area (Å²) in [6, 6.07) is 3.34. The molecule has 5 heteroatoms. The molecule has 1 aromatic heterocycles. The number of hydrogen-bond acceptors (Lipinski definition) is 4. The molecule has 0 spiro atoms. The van der Waals surface area contributed by atoms with Crippen LogP contribution < -0.4 is 0 Å². The van der Waals surface area contributed by atoms with Crippen molar-refractivity contribution in [3.63, 3.8) is 0 Å². The predicted molar refractivity (Wildman–Crippen MR) is 66.1 cm³/mol. The molecule has 5 nitrogen and oxygen atoms in total. The summed E-state index contributed by atoms with van der Waals surface area (Å²) in [6.45, 7) is 4.27. The summed E-state index contributed by atoms with van der Waals surface area (Å²) in [6.07, 6.45) is 2.46. The van der Waals surface area contributed by atoms with Crippen LogP contribution >= 0.6 is 0 Å². The van der Waals surface area contributed by atoms with Gasteiger partial charge in [-0.3, -0.25) is 9.59 Å². The van der Waals surface area contributed by atoms with Crippen LogP contribution in [0.5, 0.6) is 0 Å². The molecule has 1 unspecified atom stereocenters. The van der Waals surface area contributed by atoms with Crippen molar-refractivity contribution in [3.05, 3.63) is 24.2 Å². The summed E-state index contributed by atoms with van der Waals surface area (Å²) in [5.41, 5.74) is 0. The van der Waals surface area contributed by atoms with Crippen LogP contribution in [0.4, 0.5) is 0 Å². The predicted octanol–water partition coefficient (Wildman–Crippen LogP) is 2.08. The summed E-state index contributed by atoms with van der Waals surface area (Å²) in [5, 5.41) is 0. The van der Waals surface area contributed by atoms with Crippen LogP contribution in [0.1, 0.15) is 37.2 Å².